The van der Waals surface area contributed by atoms with Gasteiger partial charge in [-0.1, -0.05) is 34.1 Å². The molecule has 8 heteroatoms. The van der Waals surface area contributed by atoms with E-state index in [0.717, 1.165) is 10.2 Å². The fourth-order valence-corrected chi connectivity index (χ4v) is 3.83. The number of carbonyl (C=O) groups is 1. The summed E-state index contributed by atoms with van der Waals surface area (Å²) in [6, 6.07) is 20.9. The number of rotatable bonds is 4. The average molecular weight is 488 g/mol. The summed E-state index contributed by atoms with van der Waals surface area (Å²) in [7, 11) is 0. The smallest absolute Gasteiger partial charge is 0.269 e. The SMILES string of the molecule is O=C1/C(=C/c2cn(-c3ccccc3)nc2-c2ccc([N+](=O)[O-])cc2)Oc2ccc(Br)cc21. The van der Waals surface area contributed by atoms with Crippen LogP contribution in [0.3, 0.4) is 0 Å². The van der Waals surface area contributed by atoms with Gasteiger partial charge in [-0.25, -0.2) is 4.68 Å². The van der Waals surface area contributed by atoms with Crippen LogP contribution in [-0.4, -0.2) is 20.5 Å². The second kappa shape index (κ2) is 7.90. The summed E-state index contributed by atoms with van der Waals surface area (Å²) >= 11 is 3.38. The molecule has 7 nitrogen and oxygen atoms in total. The third-order valence-electron chi connectivity index (χ3n) is 5.03. The quantitative estimate of drug-likeness (QED) is 0.205. The Bertz CT molecular complexity index is 1390. The zero-order chi connectivity index (χ0) is 22.2. The van der Waals surface area contributed by atoms with Gasteiger partial charge in [0.05, 0.1) is 16.2 Å². The predicted octanol–water partition coefficient (Wildman–Crippen LogP) is 5.83. The van der Waals surface area contributed by atoms with Crippen LogP contribution < -0.4 is 4.74 Å². The van der Waals surface area contributed by atoms with Crippen molar-refractivity contribution >= 4 is 33.5 Å². The van der Waals surface area contributed by atoms with Gasteiger partial charge in [-0.05, 0) is 48.5 Å². The number of aromatic nitrogens is 2. The number of non-ortho nitro benzene ring substituents is 1. The van der Waals surface area contributed by atoms with Crippen molar-refractivity contribution in [2.75, 3.05) is 0 Å². The molecule has 0 saturated carbocycles. The molecule has 0 atom stereocenters. The maximum absolute atomic E-state index is 12.9. The van der Waals surface area contributed by atoms with Crippen LogP contribution in [-0.2, 0) is 0 Å². The molecule has 0 bridgehead atoms. The lowest BCUT2D eigenvalue weighted by Crippen LogP contribution is -1.98. The van der Waals surface area contributed by atoms with Crippen molar-refractivity contribution in [2.24, 2.45) is 0 Å². The number of halogens is 1. The van der Waals surface area contributed by atoms with Crippen molar-refractivity contribution < 1.29 is 14.5 Å². The minimum absolute atomic E-state index is 0.00789. The molecule has 0 unspecified atom stereocenters. The Morgan fingerprint density at radius 3 is 2.50 bits per heavy atom. The molecule has 1 aliphatic rings. The zero-order valence-electron chi connectivity index (χ0n) is 16.4. The molecule has 4 aromatic rings. The highest BCUT2D eigenvalue weighted by atomic mass is 79.9. The number of fused-ring (bicyclic) bond motifs is 1. The van der Waals surface area contributed by atoms with Crippen molar-refractivity contribution in [1.82, 2.24) is 9.78 Å². The van der Waals surface area contributed by atoms with E-state index in [-0.39, 0.29) is 17.2 Å². The molecule has 0 amide bonds. The Hall–Kier alpha value is -4.04. The van der Waals surface area contributed by atoms with E-state index in [9.17, 15) is 14.9 Å². The third-order valence-corrected chi connectivity index (χ3v) is 5.52. The summed E-state index contributed by atoms with van der Waals surface area (Å²) in [5.74, 6) is 0.467. The second-order valence-electron chi connectivity index (χ2n) is 7.10. The Morgan fingerprint density at radius 2 is 1.78 bits per heavy atom. The fourth-order valence-electron chi connectivity index (χ4n) is 3.47. The van der Waals surface area contributed by atoms with Crippen molar-refractivity contribution in [1.29, 1.82) is 0 Å². The second-order valence-corrected chi connectivity index (χ2v) is 8.01. The maximum Gasteiger partial charge on any atom is 0.269 e. The van der Waals surface area contributed by atoms with E-state index in [1.807, 2.05) is 36.4 Å². The number of carbonyl (C=O) groups excluding carboxylic acids is 1. The van der Waals surface area contributed by atoms with Gasteiger partial charge in [-0.2, -0.15) is 5.10 Å². The first-order valence-corrected chi connectivity index (χ1v) is 10.4. The zero-order valence-corrected chi connectivity index (χ0v) is 18.0. The topological polar surface area (TPSA) is 87.3 Å². The Kier molecular flexibility index (Phi) is 4.91. The lowest BCUT2D eigenvalue weighted by atomic mass is 10.1. The van der Waals surface area contributed by atoms with Gasteiger partial charge in [0.2, 0.25) is 5.78 Å². The first kappa shape index (κ1) is 19.9. The number of allylic oxidation sites excluding steroid dienone is 1. The van der Waals surface area contributed by atoms with Gasteiger partial charge >= 0.3 is 0 Å². The summed E-state index contributed by atoms with van der Waals surface area (Å²) in [5, 5.41) is 15.7. The maximum atomic E-state index is 12.9. The first-order chi connectivity index (χ1) is 15.5. The summed E-state index contributed by atoms with van der Waals surface area (Å²) in [6.07, 6.45) is 3.45. The van der Waals surface area contributed by atoms with E-state index in [2.05, 4.69) is 21.0 Å². The number of hydrogen-bond acceptors (Lipinski definition) is 5. The molecule has 32 heavy (non-hydrogen) atoms. The number of ether oxygens (including phenoxy) is 1. The van der Waals surface area contributed by atoms with Gasteiger partial charge in [0.1, 0.15) is 11.4 Å². The molecule has 0 fully saturated rings. The molecule has 156 valence electrons. The van der Waals surface area contributed by atoms with Crippen molar-refractivity contribution in [3.8, 4) is 22.7 Å². The summed E-state index contributed by atoms with van der Waals surface area (Å²) in [6.45, 7) is 0. The van der Waals surface area contributed by atoms with Crippen LogP contribution >= 0.6 is 15.9 Å². The molecular formula is C24H14BrN3O4. The van der Waals surface area contributed by atoms with Crippen LogP contribution in [0.15, 0.2) is 89.2 Å². The van der Waals surface area contributed by atoms with Gasteiger partial charge in [-0.15, -0.1) is 0 Å². The Balaban J connectivity index is 1.61. The van der Waals surface area contributed by atoms with E-state index < -0.39 is 4.92 Å². The standard InChI is InChI=1S/C24H14BrN3O4/c25-17-8-11-21-20(13-17)24(29)22(32-21)12-16-14-27(18-4-2-1-3-5-18)26-23(16)15-6-9-19(10-7-15)28(30)31/h1-14H/b22-12-. The van der Waals surface area contributed by atoms with Gasteiger partial charge in [0.25, 0.3) is 5.69 Å². The number of benzene rings is 3. The molecule has 0 saturated heterocycles. The normalized spacial score (nSPS) is 13.8. The van der Waals surface area contributed by atoms with Crippen molar-refractivity contribution in [3.63, 3.8) is 0 Å². The molecule has 1 aliphatic heterocycles. The van der Waals surface area contributed by atoms with E-state index in [0.29, 0.717) is 28.1 Å². The third kappa shape index (κ3) is 3.61. The summed E-state index contributed by atoms with van der Waals surface area (Å²) in [5.41, 5.74) is 3.22. The number of nitrogens with zero attached hydrogens (tertiary/aromatic N) is 3. The number of Topliss-reactive ketones (excluding diaryl/α,β-unsaturated/α-hetero) is 1. The van der Waals surface area contributed by atoms with E-state index in [1.165, 1.54) is 12.1 Å². The number of hydrogen-bond donors (Lipinski definition) is 0. The lowest BCUT2D eigenvalue weighted by molar-refractivity contribution is -0.384. The first-order valence-electron chi connectivity index (χ1n) is 9.63. The molecule has 0 aliphatic carbocycles. The van der Waals surface area contributed by atoms with Gasteiger partial charge in [0, 0.05) is 33.9 Å². The largest absolute Gasteiger partial charge is 0.452 e. The van der Waals surface area contributed by atoms with Crippen LogP contribution in [0, 0.1) is 10.1 Å². The summed E-state index contributed by atoms with van der Waals surface area (Å²) in [4.78, 5) is 23.5. The minimum Gasteiger partial charge on any atom is -0.452 e. The number of para-hydroxylation sites is 1. The highest BCUT2D eigenvalue weighted by Crippen LogP contribution is 2.35. The lowest BCUT2D eigenvalue weighted by Gasteiger charge is -2.01. The van der Waals surface area contributed by atoms with E-state index in [1.54, 1.807) is 41.2 Å². The monoisotopic (exact) mass is 487 g/mol. The van der Waals surface area contributed by atoms with Crippen LogP contribution in [0.2, 0.25) is 0 Å². The van der Waals surface area contributed by atoms with Crippen LogP contribution in [0.25, 0.3) is 23.0 Å². The average Bonchev–Trinajstić information content (AvgIpc) is 3.36. The molecule has 3 aromatic carbocycles. The van der Waals surface area contributed by atoms with Gasteiger partial charge < -0.3 is 4.74 Å². The highest BCUT2D eigenvalue weighted by Gasteiger charge is 2.28. The molecular weight excluding hydrogens is 474 g/mol. The highest BCUT2D eigenvalue weighted by molar-refractivity contribution is 9.10. The Morgan fingerprint density at radius 1 is 1.03 bits per heavy atom. The van der Waals surface area contributed by atoms with Gasteiger partial charge in [-0.3, -0.25) is 14.9 Å². The predicted molar refractivity (Wildman–Crippen MR) is 123 cm³/mol. The molecule has 0 spiro atoms. The molecule has 1 aromatic heterocycles. The Labute approximate surface area is 190 Å². The molecule has 0 N–H and O–H groups in total. The molecule has 0 radical (unpaired) electrons. The minimum atomic E-state index is -0.449. The number of nitro benzene ring substituents is 1. The fraction of sp³-hybridized carbons (Fsp3) is 0. The van der Waals surface area contributed by atoms with Crippen molar-refractivity contribution in [3.05, 3.63) is 110 Å². The van der Waals surface area contributed by atoms with Crippen molar-refractivity contribution in [2.45, 2.75) is 0 Å². The van der Waals surface area contributed by atoms with Crippen LogP contribution in [0.4, 0.5) is 5.69 Å². The van der Waals surface area contributed by atoms with Crippen LogP contribution in [0.1, 0.15) is 15.9 Å². The molecule has 5 rings (SSSR count). The van der Waals surface area contributed by atoms with Gasteiger partial charge in [0.15, 0.2) is 5.76 Å². The number of nitro groups is 1. The van der Waals surface area contributed by atoms with Crippen LogP contribution in [0.5, 0.6) is 5.75 Å². The summed E-state index contributed by atoms with van der Waals surface area (Å²) < 4.78 is 8.29. The van der Waals surface area contributed by atoms with E-state index in [4.69, 9.17) is 4.74 Å². The molecule has 2 heterocycles. The number of ketones is 1. The van der Waals surface area contributed by atoms with E-state index >= 15 is 0 Å².